The lowest BCUT2D eigenvalue weighted by Crippen LogP contribution is -2.23. The van der Waals surface area contributed by atoms with Crippen molar-refractivity contribution in [2.45, 2.75) is 23.9 Å². The number of carbonyl (C=O) groups excluding carboxylic acids is 1. The highest BCUT2D eigenvalue weighted by Gasteiger charge is 2.19. The van der Waals surface area contributed by atoms with E-state index in [2.05, 4.69) is 20.8 Å². The fourth-order valence-electron chi connectivity index (χ4n) is 2.05. The molecule has 0 fully saturated rings. The highest BCUT2D eigenvalue weighted by atomic mass is 32.2. The van der Waals surface area contributed by atoms with Gasteiger partial charge in [0.15, 0.2) is 0 Å². The Bertz CT molecular complexity index is 899. The zero-order chi connectivity index (χ0) is 17.6. The van der Waals surface area contributed by atoms with Gasteiger partial charge in [0.05, 0.1) is 23.1 Å². The lowest BCUT2D eigenvalue weighted by Gasteiger charge is -2.11. The first-order chi connectivity index (χ1) is 12.2. The summed E-state index contributed by atoms with van der Waals surface area (Å²) in [6, 6.07) is 12.4. The minimum Gasteiger partial charge on any atom is -0.467 e. The molecule has 1 N–H and O–H groups in total. The van der Waals surface area contributed by atoms with Gasteiger partial charge in [-0.05, 0) is 47.7 Å². The van der Waals surface area contributed by atoms with Crippen molar-refractivity contribution in [1.82, 2.24) is 20.2 Å². The maximum absolute atomic E-state index is 12.4. The number of amides is 1. The number of aromatic nitrogens is 4. The topological polar surface area (TPSA) is 110 Å². The average molecular weight is 354 g/mol. The standard InChI is InChI=1S/C16H14N6O2S/c1-11(15(23)18-13-5-2-4-12(8-13)9-17)25-16-19-20-21-22(16)10-14-6-3-7-24-14/h2-8,11H,10H2,1H3,(H,18,23). The van der Waals surface area contributed by atoms with Gasteiger partial charge in [0, 0.05) is 5.69 Å². The van der Waals surface area contributed by atoms with Gasteiger partial charge in [0.2, 0.25) is 11.1 Å². The maximum Gasteiger partial charge on any atom is 0.237 e. The molecule has 3 aromatic rings. The van der Waals surface area contributed by atoms with Gasteiger partial charge in [-0.15, -0.1) is 5.10 Å². The number of hydrogen-bond acceptors (Lipinski definition) is 7. The number of hydrogen-bond donors (Lipinski definition) is 1. The molecule has 3 rings (SSSR count). The number of nitrogens with zero attached hydrogens (tertiary/aromatic N) is 5. The van der Waals surface area contributed by atoms with Gasteiger partial charge in [-0.1, -0.05) is 17.8 Å². The van der Waals surface area contributed by atoms with Crippen LogP contribution in [0.1, 0.15) is 18.2 Å². The Morgan fingerprint density at radius 1 is 1.44 bits per heavy atom. The quantitative estimate of drug-likeness (QED) is 0.676. The van der Waals surface area contributed by atoms with Crippen molar-refractivity contribution in [2.24, 2.45) is 0 Å². The Balaban J connectivity index is 1.64. The van der Waals surface area contributed by atoms with E-state index in [1.165, 1.54) is 11.8 Å². The number of tetrazole rings is 1. The minimum atomic E-state index is -0.424. The van der Waals surface area contributed by atoms with Crippen molar-refractivity contribution in [3.8, 4) is 6.07 Å². The number of anilines is 1. The molecule has 2 heterocycles. The summed E-state index contributed by atoms with van der Waals surface area (Å²) in [7, 11) is 0. The molecule has 1 atom stereocenters. The van der Waals surface area contributed by atoms with Crippen molar-refractivity contribution in [3.63, 3.8) is 0 Å². The summed E-state index contributed by atoms with van der Waals surface area (Å²) in [6.45, 7) is 2.15. The van der Waals surface area contributed by atoms with Crippen molar-refractivity contribution >= 4 is 23.4 Å². The number of thioether (sulfide) groups is 1. The maximum atomic E-state index is 12.4. The number of nitrogens with one attached hydrogen (secondary N) is 1. The number of carbonyl (C=O) groups is 1. The molecule has 126 valence electrons. The van der Waals surface area contributed by atoms with Gasteiger partial charge in [0.1, 0.15) is 12.3 Å². The minimum absolute atomic E-state index is 0.201. The molecule has 8 nitrogen and oxygen atoms in total. The predicted octanol–water partition coefficient (Wildman–Crippen LogP) is 2.31. The zero-order valence-electron chi connectivity index (χ0n) is 13.3. The number of benzene rings is 1. The van der Waals surface area contributed by atoms with Gasteiger partial charge >= 0.3 is 0 Å². The normalized spacial score (nSPS) is 11.7. The molecular weight excluding hydrogens is 340 g/mol. The smallest absolute Gasteiger partial charge is 0.237 e. The molecule has 2 aromatic heterocycles. The summed E-state index contributed by atoms with van der Waals surface area (Å²) in [5, 5.41) is 23.3. The molecule has 0 radical (unpaired) electrons. The highest BCUT2D eigenvalue weighted by molar-refractivity contribution is 8.00. The van der Waals surface area contributed by atoms with Crippen LogP contribution in [0, 0.1) is 11.3 Å². The van der Waals surface area contributed by atoms with E-state index in [4.69, 9.17) is 9.68 Å². The molecule has 0 saturated heterocycles. The van der Waals surface area contributed by atoms with Crippen molar-refractivity contribution in [3.05, 3.63) is 54.0 Å². The fraction of sp³-hybridized carbons (Fsp3) is 0.188. The third-order valence-corrected chi connectivity index (χ3v) is 4.37. The van der Waals surface area contributed by atoms with Crippen molar-refractivity contribution < 1.29 is 9.21 Å². The van der Waals surface area contributed by atoms with Crippen LogP contribution in [0.3, 0.4) is 0 Å². The van der Waals surface area contributed by atoms with Crippen LogP contribution in [0.25, 0.3) is 0 Å². The third kappa shape index (κ3) is 4.24. The first kappa shape index (κ1) is 16.7. The molecule has 0 bridgehead atoms. The van der Waals surface area contributed by atoms with Crippen LogP contribution in [0.4, 0.5) is 5.69 Å². The van der Waals surface area contributed by atoms with Gasteiger partial charge < -0.3 is 9.73 Å². The van der Waals surface area contributed by atoms with E-state index in [1.54, 1.807) is 48.2 Å². The van der Waals surface area contributed by atoms with Crippen LogP contribution >= 0.6 is 11.8 Å². The van der Waals surface area contributed by atoms with Crippen molar-refractivity contribution in [2.75, 3.05) is 5.32 Å². The van der Waals surface area contributed by atoms with Crippen molar-refractivity contribution in [1.29, 1.82) is 5.26 Å². The van der Waals surface area contributed by atoms with E-state index >= 15 is 0 Å². The SMILES string of the molecule is CC(Sc1nnnn1Cc1ccco1)C(=O)Nc1cccc(C#N)c1. The molecule has 9 heteroatoms. The number of furan rings is 1. The first-order valence-corrected chi connectivity index (χ1v) is 8.30. The van der Waals surface area contributed by atoms with Gasteiger partial charge in [0.25, 0.3) is 0 Å². The van der Waals surface area contributed by atoms with E-state index < -0.39 is 5.25 Å². The summed E-state index contributed by atoms with van der Waals surface area (Å²) in [6.07, 6.45) is 1.58. The largest absolute Gasteiger partial charge is 0.467 e. The number of nitriles is 1. The molecule has 1 aromatic carbocycles. The van der Waals surface area contributed by atoms with Gasteiger partial charge in [-0.25, -0.2) is 4.68 Å². The van der Waals surface area contributed by atoms with E-state index in [9.17, 15) is 4.79 Å². The first-order valence-electron chi connectivity index (χ1n) is 7.42. The third-order valence-electron chi connectivity index (χ3n) is 3.30. The Morgan fingerprint density at radius 2 is 2.32 bits per heavy atom. The highest BCUT2D eigenvalue weighted by Crippen LogP contribution is 2.22. The lowest BCUT2D eigenvalue weighted by atomic mass is 10.2. The summed E-state index contributed by atoms with van der Waals surface area (Å²) in [4.78, 5) is 12.4. The molecule has 1 unspecified atom stereocenters. The summed E-state index contributed by atoms with van der Waals surface area (Å²) in [5.41, 5.74) is 1.06. The molecular formula is C16H14N6O2S. The Morgan fingerprint density at radius 3 is 3.08 bits per heavy atom. The van der Waals surface area contributed by atoms with E-state index in [0.29, 0.717) is 23.0 Å². The fourth-order valence-corrected chi connectivity index (χ4v) is 2.84. The molecule has 1 amide bonds. The van der Waals surface area contributed by atoms with Crippen LogP contribution in [0.5, 0.6) is 0 Å². The van der Waals surface area contributed by atoms with Crippen LogP contribution in [0.2, 0.25) is 0 Å². The van der Waals surface area contributed by atoms with E-state index in [-0.39, 0.29) is 5.91 Å². The molecule has 0 spiro atoms. The summed E-state index contributed by atoms with van der Waals surface area (Å²) in [5.74, 6) is 0.521. The monoisotopic (exact) mass is 354 g/mol. The molecule has 0 aliphatic rings. The second-order valence-electron chi connectivity index (χ2n) is 5.14. The molecule has 0 aliphatic heterocycles. The lowest BCUT2D eigenvalue weighted by molar-refractivity contribution is -0.115. The van der Waals surface area contributed by atoms with Crippen LogP contribution in [-0.2, 0) is 11.3 Å². The zero-order valence-corrected chi connectivity index (χ0v) is 14.1. The molecule has 25 heavy (non-hydrogen) atoms. The van der Waals surface area contributed by atoms with Crippen LogP contribution < -0.4 is 5.32 Å². The second kappa shape index (κ2) is 7.63. The molecule has 0 aliphatic carbocycles. The van der Waals surface area contributed by atoms with Crippen LogP contribution in [-0.4, -0.2) is 31.4 Å². The molecule has 0 saturated carbocycles. The van der Waals surface area contributed by atoms with Crippen LogP contribution in [0.15, 0.2) is 52.2 Å². The van der Waals surface area contributed by atoms with E-state index in [0.717, 1.165) is 5.76 Å². The Labute approximate surface area is 147 Å². The Hall–Kier alpha value is -3.12. The average Bonchev–Trinajstić information content (AvgIpc) is 3.28. The summed E-state index contributed by atoms with van der Waals surface area (Å²) >= 11 is 1.24. The van der Waals surface area contributed by atoms with Gasteiger partial charge in [-0.3, -0.25) is 4.79 Å². The number of rotatable bonds is 6. The summed E-state index contributed by atoms with van der Waals surface area (Å²) < 4.78 is 6.86. The second-order valence-corrected chi connectivity index (χ2v) is 6.45. The van der Waals surface area contributed by atoms with Gasteiger partial charge in [-0.2, -0.15) is 5.26 Å². The van der Waals surface area contributed by atoms with E-state index in [1.807, 2.05) is 12.1 Å². The predicted molar refractivity (Wildman–Crippen MR) is 90.7 cm³/mol. The Kier molecular flexibility index (Phi) is 5.11.